The maximum atomic E-state index is 12.3. The summed E-state index contributed by atoms with van der Waals surface area (Å²) in [6.45, 7) is 3.38. The topological polar surface area (TPSA) is 177 Å². The van der Waals surface area contributed by atoms with Gasteiger partial charge in [-0.15, -0.1) is 0 Å². The van der Waals surface area contributed by atoms with Crippen molar-refractivity contribution in [3.63, 3.8) is 0 Å². The van der Waals surface area contributed by atoms with Crippen molar-refractivity contribution >= 4 is 29.8 Å². The van der Waals surface area contributed by atoms with Crippen molar-refractivity contribution in [3.05, 3.63) is 0 Å². The van der Waals surface area contributed by atoms with Crippen LogP contribution in [-0.2, 0) is 28.7 Å². The lowest BCUT2D eigenvalue weighted by Gasteiger charge is -2.32. The number of nitrogens with one attached hydrogen (secondary N) is 1. The molecule has 1 rings (SSSR count). The minimum absolute atomic E-state index is 0.0200. The lowest BCUT2D eigenvalue weighted by atomic mass is 9.89. The fraction of sp³-hybridized carbons (Fsp3) is 0.773. The van der Waals surface area contributed by atoms with E-state index in [1.807, 2.05) is 4.90 Å². The monoisotopic (exact) mass is 502 g/mol. The first-order valence-electron chi connectivity index (χ1n) is 11.7. The summed E-state index contributed by atoms with van der Waals surface area (Å²) >= 11 is 0. The molecule has 13 heteroatoms. The second-order valence-corrected chi connectivity index (χ2v) is 8.88. The molecule has 0 saturated carbocycles. The Morgan fingerprint density at radius 2 is 1.26 bits per heavy atom. The SMILES string of the molecule is COC(=O)CN1CCC(C[C@@H](C)C(=O)NCC(=O)O)CCN(CC(=O)O)CCN(CC(=O)O)CC1. The van der Waals surface area contributed by atoms with E-state index in [1.165, 1.54) is 7.11 Å². The van der Waals surface area contributed by atoms with Crippen LogP contribution in [0.3, 0.4) is 0 Å². The standard InChI is InChI=1S/C22H38N4O9/c1-16(22(34)23-12-18(27)28)11-17-3-5-24(13-19(29)30)7-9-26(14-20(31)32)10-8-25(6-4-17)15-21(33)35-2/h16-17H,3-15H2,1-2H3,(H,23,34)(H,27,28)(H,29,30)(H,31,32)/t16-,17?/m1/s1. The summed E-state index contributed by atoms with van der Waals surface area (Å²) < 4.78 is 4.79. The molecular formula is C22H38N4O9. The molecule has 0 aromatic carbocycles. The van der Waals surface area contributed by atoms with Gasteiger partial charge in [0.15, 0.2) is 0 Å². The number of rotatable bonds is 11. The number of carboxylic acids is 3. The number of hydrogen-bond donors (Lipinski definition) is 4. The van der Waals surface area contributed by atoms with Crippen LogP contribution in [0.2, 0.25) is 0 Å². The fourth-order valence-electron chi connectivity index (χ4n) is 4.06. The van der Waals surface area contributed by atoms with Crippen LogP contribution in [0.4, 0.5) is 0 Å². The van der Waals surface area contributed by atoms with Crippen LogP contribution in [0.5, 0.6) is 0 Å². The number of esters is 1. The molecule has 1 aliphatic rings. The lowest BCUT2D eigenvalue weighted by Crippen LogP contribution is -2.45. The Labute approximate surface area is 205 Å². The Morgan fingerprint density at radius 3 is 1.69 bits per heavy atom. The van der Waals surface area contributed by atoms with E-state index < -0.39 is 36.3 Å². The van der Waals surface area contributed by atoms with Gasteiger partial charge in [-0.25, -0.2) is 0 Å². The van der Waals surface area contributed by atoms with Gasteiger partial charge in [0.2, 0.25) is 5.91 Å². The van der Waals surface area contributed by atoms with Crippen LogP contribution in [0.1, 0.15) is 26.2 Å². The molecule has 0 aliphatic carbocycles. The third-order valence-corrected chi connectivity index (χ3v) is 6.02. The van der Waals surface area contributed by atoms with Crippen LogP contribution in [0, 0.1) is 11.8 Å². The maximum Gasteiger partial charge on any atom is 0.322 e. The average Bonchev–Trinajstić information content (AvgIpc) is 2.77. The number of carboxylic acid groups (broad SMARTS) is 3. The number of hydrogen-bond acceptors (Lipinski definition) is 9. The van der Waals surface area contributed by atoms with Crippen molar-refractivity contribution in [1.29, 1.82) is 0 Å². The molecule has 0 aromatic heterocycles. The number of carbonyl (C=O) groups excluding carboxylic acids is 2. The van der Waals surface area contributed by atoms with Gasteiger partial charge in [-0.1, -0.05) is 6.92 Å². The minimum atomic E-state index is -1.13. The zero-order valence-corrected chi connectivity index (χ0v) is 20.5. The number of methoxy groups -OCH3 is 1. The molecule has 35 heavy (non-hydrogen) atoms. The van der Waals surface area contributed by atoms with E-state index in [9.17, 15) is 34.2 Å². The van der Waals surface area contributed by atoms with E-state index in [0.717, 1.165) is 0 Å². The molecule has 1 fully saturated rings. The average molecular weight is 503 g/mol. The number of ether oxygens (including phenoxy) is 1. The zero-order chi connectivity index (χ0) is 26.4. The van der Waals surface area contributed by atoms with Crippen molar-refractivity contribution < 1.29 is 44.0 Å². The van der Waals surface area contributed by atoms with Crippen LogP contribution in [0.15, 0.2) is 0 Å². The molecule has 1 amide bonds. The highest BCUT2D eigenvalue weighted by Crippen LogP contribution is 2.21. The second kappa shape index (κ2) is 16.0. The summed E-state index contributed by atoms with van der Waals surface area (Å²) in [4.78, 5) is 62.9. The van der Waals surface area contributed by atoms with Crippen LogP contribution < -0.4 is 5.32 Å². The highest BCUT2D eigenvalue weighted by molar-refractivity contribution is 5.82. The summed E-state index contributed by atoms with van der Waals surface area (Å²) in [6, 6.07) is 0. The van der Waals surface area contributed by atoms with Gasteiger partial charge in [0.05, 0.1) is 26.7 Å². The van der Waals surface area contributed by atoms with Gasteiger partial charge in [0, 0.05) is 32.1 Å². The van der Waals surface area contributed by atoms with Gasteiger partial charge in [-0.05, 0) is 38.3 Å². The molecule has 1 aliphatic heterocycles. The van der Waals surface area contributed by atoms with E-state index in [4.69, 9.17) is 9.84 Å². The fourth-order valence-corrected chi connectivity index (χ4v) is 4.06. The van der Waals surface area contributed by atoms with E-state index in [0.29, 0.717) is 58.5 Å². The molecule has 0 radical (unpaired) electrons. The summed E-state index contributed by atoms with van der Waals surface area (Å²) in [7, 11) is 1.30. The molecule has 1 heterocycles. The zero-order valence-electron chi connectivity index (χ0n) is 20.5. The third-order valence-electron chi connectivity index (χ3n) is 6.02. The Morgan fingerprint density at radius 1 is 0.800 bits per heavy atom. The highest BCUT2D eigenvalue weighted by atomic mass is 16.5. The molecule has 200 valence electrons. The van der Waals surface area contributed by atoms with Crippen LogP contribution in [-0.4, -0.2) is 132 Å². The van der Waals surface area contributed by atoms with Gasteiger partial charge in [0.25, 0.3) is 0 Å². The smallest absolute Gasteiger partial charge is 0.322 e. The molecule has 2 atom stereocenters. The Kier molecular flexibility index (Phi) is 13.8. The summed E-state index contributed by atoms with van der Waals surface area (Å²) in [6.07, 6.45) is 1.69. The molecule has 0 spiro atoms. The largest absolute Gasteiger partial charge is 0.480 e. The second-order valence-electron chi connectivity index (χ2n) is 8.88. The summed E-state index contributed by atoms with van der Waals surface area (Å²) in [5.41, 5.74) is 0. The van der Waals surface area contributed by atoms with Crippen molar-refractivity contribution in [3.8, 4) is 0 Å². The number of nitrogens with zero attached hydrogens (tertiary/aromatic N) is 3. The quantitative estimate of drug-likeness (QED) is 0.250. The van der Waals surface area contributed by atoms with E-state index in [2.05, 4.69) is 5.32 Å². The van der Waals surface area contributed by atoms with Gasteiger partial charge in [-0.3, -0.25) is 38.7 Å². The van der Waals surface area contributed by atoms with Crippen molar-refractivity contribution in [1.82, 2.24) is 20.0 Å². The lowest BCUT2D eigenvalue weighted by molar-refractivity contribution is -0.142. The van der Waals surface area contributed by atoms with E-state index in [1.54, 1.807) is 16.7 Å². The first-order chi connectivity index (χ1) is 16.5. The summed E-state index contributed by atoms with van der Waals surface area (Å²) in [5.74, 6) is -4.30. The van der Waals surface area contributed by atoms with Crippen molar-refractivity contribution in [2.45, 2.75) is 26.2 Å². The van der Waals surface area contributed by atoms with Crippen molar-refractivity contribution in [2.75, 3.05) is 72.6 Å². The van der Waals surface area contributed by atoms with Crippen LogP contribution in [0.25, 0.3) is 0 Å². The first kappa shape index (κ1) is 30.3. The molecule has 0 aromatic rings. The molecule has 1 unspecified atom stereocenters. The van der Waals surface area contributed by atoms with E-state index >= 15 is 0 Å². The number of carbonyl (C=O) groups is 5. The predicted octanol–water partition coefficient (Wildman–Crippen LogP) is -1.13. The summed E-state index contributed by atoms with van der Waals surface area (Å²) in [5, 5.41) is 29.7. The molecular weight excluding hydrogens is 464 g/mol. The predicted molar refractivity (Wildman–Crippen MR) is 124 cm³/mol. The Hall–Kier alpha value is -2.77. The highest BCUT2D eigenvalue weighted by Gasteiger charge is 2.24. The molecule has 1 saturated heterocycles. The van der Waals surface area contributed by atoms with Crippen molar-refractivity contribution in [2.24, 2.45) is 11.8 Å². The minimum Gasteiger partial charge on any atom is -0.480 e. The maximum absolute atomic E-state index is 12.3. The van der Waals surface area contributed by atoms with Gasteiger partial charge in [-0.2, -0.15) is 0 Å². The molecule has 13 nitrogen and oxygen atoms in total. The Bertz CT molecular complexity index is 734. The first-order valence-corrected chi connectivity index (χ1v) is 11.7. The normalized spacial score (nSPS) is 20.1. The molecule has 0 bridgehead atoms. The third kappa shape index (κ3) is 13.6. The number of aliphatic carboxylic acids is 3. The molecule has 4 N–H and O–H groups in total. The van der Waals surface area contributed by atoms with E-state index in [-0.39, 0.29) is 31.5 Å². The van der Waals surface area contributed by atoms with Gasteiger partial charge < -0.3 is 25.4 Å². The van der Waals surface area contributed by atoms with Gasteiger partial charge in [0.1, 0.15) is 6.54 Å². The van der Waals surface area contributed by atoms with Gasteiger partial charge >= 0.3 is 23.9 Å². The number of amides is 1. The Balaban J connectivity index is 2.98. The van der Waals surface area contributed by atoms with Crippen LogP contribution >= 0.6 is 0 Å².